The molecule has 0 saturated heterocycles. The molecule has 6 heteroatoms. The van der Waals surface area contributed by atoms with E-state index in [0.29, 0.717) is 0 Å². The Hall–Kier alpha value is -1.56. The normalized spacial score (nSPS) is 10.6. The van der Waals surface area contributed by atoms with Crippen LogP contribution in [0.5, 0.6) is 0 Å². The zero-order valence-electron chi connectivity index (χ0n) is 8.77. The molecule has 1 atom stereocenters. The molecule has 0 fully saturated rings. The number of carboxylic acids is 1. The maximum Gasteiger partial charge on any atom is 0.317 e. The molecule has 0 heterocycles. The van der Waals surface area contributed by atoms with Crippen LogP contribution >= 0.6 is 0 Å². The lowest BCUT2D eigenvalue weighted by Gasteiger charge is -2.07. The lowest BCUT2D eigenvalue weighted by atomic mass is 10.4. The molecule has 0 aromatic heterocycles. The van der Waals surface area contributed by atoms with Crippen molar-refractivity contribution >= 4 is 11.9 Å². The first-order chi connectivity index (χ1) is 6.79. The minimum atomic E-state index is -1.24. The van der Waals surface area contributed by atoms with Crippen LogP contribution in [0.1, 0.15) is 20.3 Å². The van der Waals surface area contributed by atoms with E-state index in [-0.39, 0.29) is 12.4 Å². The van der Waals surface area contributed by atoms with Crippen LogP contribution in [0.4, 0.5) is 0 Å². The van der Waals surface area contributed by atoms with Gasteiger partial charge in [0.2, 0.25) is 0 Å². The molecule has 0 saturated carbocycles. The molecule has 0 aliphatic heterocycles. The summed E-state index contributed by atoms with van der Waals surface area (Å²) < 4.78 is 4.44. The van der Waals surface area contributed by atoms with Gasteiger partial charge in [-0.25, -0.2) is 0 Å². The van der Waals surface area contributed by atoms with Gasteiger partial charge in [0.05, 0.1) is 12.4 Å². The van der Waals surface area contributed by atoms with Crippen LogP contribution in [-0.2, 0) is 14.3 Å². The number of aliphatic hydroxyl groups excluding tert-OH is 2. The van der Waals surface area contributed by atoms with Gasteiger partial charge in [-0.1, -0.05) is 6.58 Å². The van der Waals surface area contributed by atoms with Gasteiger partial charge in [0.1, 0.15) is 12.5 Å². The van der Waals surface area contributed by atoms with E-state index in [0.717, 1.165) is 0 Å². The van der Waals surface area contributed by atoms with Gasteiger partial charge < -0.3 is 20.1 Å². The minimum absolute atomic E-state index is 0.167. The number of allylic oxidation sites excluding steroid dienone is 1. The van der Waals surface area contributed by atoms with Crippen molar-refractivity contribution < 1.29 is 29.6 Å². The first-order valence-electron chi connectivity index (χ1n) is 4.16. The van der Waals surface area contributed by atoms with Gasteiger partial charge in [-0.2, -0.15) is 0 Å². The summed E-state index contributed by atoms with van der Waals surface area (Å²) in [6.07, 6.45) is -1.30. The summed E-state index contributed by atoms with van der Waals surface area (Å²) in [6.45, 7) is 5.81. The minimum Gasteiger partial charge on any atom is -0.513 e. The molecule has 3 N–H and O–H groups in total. The summed E-state index contributed by atoms with van der Waals surface area (Å²) in [5.74, 6) is -1.90. The predicted molar refractivity (Wildman–Crippen MR) is 52.3 cm³/mol. The Morgan fingerprint density at radius 2 is 1.80 bits per heavy atom. The number of aliphatic hydroxyl groups is 2. The van der Waals surface area contributed by atoms with Crippen molar-refractivity contribution in [1.82, 2.24) is 0 Å². The Bertz CT molecular complexity index is 219. The fourth-order valence-electron chi connectivity index (χ4n) is 0.427. The standard InChI is InChI=1S/C6H10O5.C3H6O/c1-4(3-7)11-6(10)2-5(8)9;1-3(2)4/h4,7H,2-3H2,1H3,(H,8,9);4H,1H2,2H3. The van der Waals surface area contributed by atoms with E-state index in [1.54, 1.807) is 0 Å². The van der Waals surface area contributed by atoms with E-state index in [2.05, 4.69) is 11.3 Å². The van der Waals surface area contributed by atoms with Crippen LogP contribution in [0.25, 0.3) is 0 Å². The van der Waals surface area contributed by atoms with E-state index in [4.69, 9.17) is 15.3 Å². The van der Waals surface area contributed by atoms with Gasteiger partial charge in [0, 0.05) is 0 Å². The molecule has 0 aromatic carbocycles. The van der Waals surface area contributed by atoms with Crippen LogP contribution < -0.4 is 0 Å². The van der Waals surface area contributed by atoms with Gasteiger partial charge in [-0.05, 0) is 13.8 Å². The molecule has 6 nitrogen and oxygen atoms in total. The van der Waals surface area contributed by atoms with Crippen molar-refractivity contribution in [2.45, 2.75) is 26.4 Å². The topological polar surface area (TPSA) is 104 Å². The van der Waals surface area contributed by atoms with Crippen molar-refractivity contribution in [3.05, 3.63) is 12.3 Å². The second kappa shape index (κ2) is 9.01. The maximum atomic E-state index is 10.5. The highest BCUT2D eigenvalue weighted by atomic mass is 16.6. The lowest BCUT2D eigenvalue weighted by Crippen LogP contribution is -2.20. The Kier molecular flexibility index (Phi) is 9.55. The van der Waals surface area contributed by atoms with E-state index >= 15 is 0 Å². The highest BCUT2D eigenvalue weighted by Gasteiger charge is 2.11. The summed E-state index contributed by atoms with van der Waals surface area (Å²) >= 11 is 0. The molecule has 0 aromatic rings. The number of ether oxygens (including phenoxy) is 1. The number of aliphatic carboxylic acids is 1. The van der Waals surface area contributed by atoms with Gasteiger partial charge in [-0.3, -0.25) is 9.59 Å². The molecular weight excluding hydrogens is 204 g/mol. The summed E-state index contributed by atoms with van der Waals surface area (Å²) in [6, 6.07) is 0. The molecule has 88 valence electrons. The molecule has 0 rings (SSSR count). The molecule has 0 radical (unpaired) electrons. The fraction of sp³-hybridized carbons (Fsp3) is 0.556. The summed E-state index contributed by atoms with van der Waals surface area (Å²) in [5, 5.41) is 24.4. The molecular formula is C9H16O6. The van der Waals surface area contributed by atoms with Crippen molar-refractivity contribution in [1.29, 1.82) is 0 Å². The number of hydrogen-bond donors (Lipinski definition) is 3. The highest BCUT2D eigenvalue weighted by Crippen LogP contribution is 1.92. The average Bonchev–Trinajstić information content (AvgIpc) is 2.01. The zero-order valence-corrected chi connectivity index (χ0v) is 8.77. The highest BCUT2D eigenvalue weighted by molar-refractivity contribution is 5.90. The predicted octanol–water partition coefficient (Wildman–Crippen LogP) is 0.463. The smallest absolute Gasteiger partial charge is 0.317 e. The van der Waals surface area contributed by atoms with Crippen LogP contribution in [0.3, 0.4) is 0 Å². The quantitative estimate of drug-likeness (QED) is 0.361. The Morgan fingerprint density at radius 3 is 2.07 bits per heavy atom. The molecule has 1 unspecified atom stereocenters. The van der Waals surface area contributed by atoms with Crippen LogP contribution in [-0.4, -0.2) is 40.0 Å². The first-order valence-corrected chi connectivity index (χ1v) is 4.16. The SMILES string of the molecule is C=C(C)O.CC(CO)OC(=O)CC(=O)O. The van der Waals surface area contributed by atoms with E-state index in [1.807, 2.05) is 0 Å². The number of carbonyl (C=O) groups excluding carboxylic acids is 1. The third-order valence-electron chi connectivity index (χ3n) is 0.885. The Balaban J connectivity index is 0. The summed E-state index contributed by atoms with van der Waals surface area (Å²) in [5.41, 5.74) is 0. The summed E-state index contributed by atoms with van der Waals surface area (Å²) in [7, 11) is 0. The number of carboxylic acid groups (broad SMARTS) is 1. The molecule has 0 aliphatic carbocycles. The van der Waals surface area contributed by atoms with Crippen molar-refractivity contribution in [2.75, 3.05) is 6.61 Å². The maximum absolute atomic E-state index is 10.5. The molecule has 0 bridgehead atoms. The van der Waals surface area contributed by atoms with Crippen molar-refractivity contribution in [3.8, 4) is 0 Å². The lowest BCUT2D eigenvalue weighted by molar-refractivity contribution is -0.155. The van der Waals surface area contributed by atoms with E-state index in [1.165, 1.54) is 13.8 Å². The van der Waals surface area contributed by atoms with Crippen LogP contribution in [0.2, 0.25) is 0 Å². The zero-order chi connectivity index (χ0) is 12.4. The summed E-state index contributed by atoms with van der Waals surface area (Å²) in [4.78, 5) is 20.4. The second-order valence-corrected chi connectivity index (χ2v) is 2.79. The first kappa shape index (κ1) is 15.9. The number of rotatable bonds is 4. The van der Waals surface area contributed by atoms with Crippen molar-refractivity contribution in [3.63, 3.8) is 0 Å². The fourth-order valence-corrected chi connectivity index (χ4v) is 0.427. The Labute approximate surface area is 87.8 Å². The van der Waals surface area contributed by atoms with Gasteiger partial charge in [-0.15, -0.1) is 0 Å². The third kappa shape index (κ3) is 19.0. The molecule has 0 aliphatic rings. The number of carbonyl (C=O) groups is 2. The second-order valence-electron chi connectivity index (χ2n) is 2.79. The van der Waals surface area contributed by atoms with Gasteiger partial charge >= 0.3 is 11.9 Å². The molecule has 15 heavy (non-hydrogen) atoms. The largest absolute Gasteiger partial charge is 0.513 e. The monoisotopic (exact) mass is 220 g/mol. The molecule has 0 amide bonds. The van der Waals surface area contributed by atoms with Crippen molar-refractivity contribution in [2.24, 2.45) is 0 Å². The van der Waals surface area contributed by atoms with Crippen LogP contribution in [0.15, 0.2) is 12.3 Å². The van der Waals surface area contributed by atoms with Crippen LogP contribution in [0, 0.1) is 0 Å². The average molecular weight is 220 g/mol. The van der Waals surface area contributed by atoms with E-state index in [9.17, 15) is 9.59 Å². The molecule has 0 spiro atoms. The number of hydrogen-bond acceptors (Lipinski definition) is 5. The third-order valence-corrected chi connectivity index (χ3v) is 0.885. The van der Waals surface area contributed by atoms with Gasteiger partial charge in [0.25, 0.3) is 0 Å². The van der Waals surface area contributed by atoms with Gasteiger partial charge in [0.15, 0.2) is 0 Å². The Morgan fingerprint density at radius 1 is 1.40 bits per heavy atom. The number of esters is 1. The van der Waals surface area contributed by atoms with E-state index < -0.39 is 24.5 Å².